The van der Waals surface area contributed by atoms with Crippen LogP contribution in [0.3, 0.4) is 0 Å². The van der Waals surface area contributed by atoms with Gasteiger partial charge in [-0.15, -0.1) is 0 Å². The van der Waals surface area contributed by atoms with Crippen LogP contribution in [0.5, 0.6) is 0 Å². The number of hydrogen-bond acceptors (Lipinski definition) is 4. The second-order valence-corrected chi connectivity index (χ2v) is 7.74. The van der Waals surface area contributed by atoms with Crippen LogP contribution in [0.4, 0.5) is 0 Å². The highest BCUT2D eigenvalue weighted by atomic mass is 16.5. The van der Waals surface area contributed by atoms with Crippen molar-refractivity contribution in [3.63, 3.8) is 0 Å². The van der Waals surface area contributed by atoms with Crippen LogP contribution in [0, 0.1) is 17.8 Å². The van der Waals surface area contributed by atoms with Crippen molar-refractivity contribution >= 4 is 5.97 Å². The summed E-state index contributed by atoms with van der Waals surface area (Å²) in [5, 5.41) is 3.77. The van der Waals surface area contributed by atoms with E-state index in [9.17, 15) is 4.79 Å². The number of methoxy groups -OCH3 is 1. The van der Waals surface area contributed by atoms with E-state index in [-0.39, 0.29) is 11.9 Å². The lowest BCUT2D eigenvalue weighted by molar-refractivity contribution is -0.148. The molecule has 3 aliphatic rings. The standard InChI is InChI=1S/C18H32N2O2/c1-13(15-7-8-15)20-11-16(18(21)22-2)9-17(12-20)19-10-14-5-3-4-6-14/h13-17,19H,3-12H2,1-2H3. The minimum Gasteiger partial charge on any atom is -0.469 e. The third-order valence-electron chi connectivity index (χ3n) is 6.06. The summed E-state index contributed by atoms with van der Waals surface area (Å²) in [6.45, 7) is 5.44. The third kappa shape index (κ3) is 4.02. The van der Waals surface area contributed by atoms with Crippen LogP contribution < -0.4 is 5.32 Å². The number of esters is 1. The van der Waals surface area contributed by atoms with Gasteiger partial charge in [-0.25, -0.2) is 0 Å². The molecule has 0 bridgehead atoms. The first-order valence-electron chi connectivity index (χ1n) is 9.22. The molecule has 2 saturated carbocycles. The Morgan fingerprint density at radius 2 is 1.95 bits per heavy atom. The average Bonchev–Trinajstić information content (AvgIpc) is 3.27. The Bertz CT molecular complexity index is 377. The summed E-state index contributed by atoms with van der Waals surface area (Å²) in [4.78, 5) is 14.6. The predicted octanol–water partition coefficient (Wildman–Crippen LogP) is 2.43. The third-order valence-corrected chi connectivity index (χ3v) is 6.06. The molecule has 0 aromatic carbocycles. The van der Waals surface area contributed by atoms with Gasteiger partial charge in [0.25, 0.3) is 0 Å². The maximum Gasteiger partial charge on any atom is 0.310 e. The molecule has 3 unspecified atom stereocenters. The highest BCUT2D eigenvalue weighted by Gasteiger charge is 2.39. The zero-order valence-electron chi connectivity index (χ0n) is 14.2. The molecule has 1 N–H and O–H groups in total. The van der Waals surface area contributed by atoms with E-state index in [2.05, 4.69) is 17.1 Å². The topological polar surface area (TPSA) is 41.6 Å². The van der Waals surface area contributed by atoms with Crippen molar-refractivity contribution in [2.24, 2.45) is 17.8 Å². The Morgan fingerprint density at radius 3 is 2.59 bits per heavy atom. The Kier molecular flexibility index (Phi) is 5.40. The lowest BCUT2D eigenvalue weighted by Gasteiger charge is -2.40. The maximum atomic E-state index is 12.0. The lowest BCUT2D eigenvalue weighted by Crippen LogP contribution is -2.54. The van der Waals surface area contributed by atoms with Gasteiger partial charge in [0.05, 0.1) is 13.0 Å². The quantitative estimate of drug-likeness (QED) is 0.765. The van der Waals surface area contributed by atoms with Gasteiger partial charge in [-0.05, 0) is 57.4 Å². The van der Waals surface area contributed by atoms with Gasteiger partial charge < -0.3 is 10.1 Å². The van der Waals surface area contributed by atoms with Gasteiger partial charge in [0, 0.05) is 25.2 Å². The molecule has 4 nitrogen and oxygen atoms in total. The Labute approximate surface area is 135 Å². The fraction of sp³-hybridized carbons (Fsp3) is 0.944. The van der Waals surface area contributed by atoms with Crippen LogP contribution in [0.1, 0.15) is 51.9 Å². The summed E-state index contributed by atoms with van der Waals surface area (Å²) < 4.78 is 5.03. The molecule has 0 aromatic heterocycles. The van der Waals surface area contributed by atoms with Crippen molar-refractivity contribution in [2.45, 2.75) is 64.0 Å². The summed E-state index contributed by atoms with van der Waals surface area (Å²) >= 11 is 0. The molecule has 0 spiro atoms. The fourth-order valence-electron chi connectivity index (χ4n) is 4.38. The zero-order chi connectivity index (χ0) is 15.5. The predicted molar refractivity (Wildman–Crippen MR) is 87.6 cm³/mol. The van der Waals surface area contributed by atoms with Crippen molar-refractivity contribution < 1.29 is 9.53 Å². The molecule has 126 valence electrons. The number of rotatable bonds is 6. The van der Waals surface area contributed by atoms with Crippen molar-refractivity contribution in [1.29, 1.82) is 0 Å². The van der Waals surface area contributed by atoms with Crippen LogP contribution in [0.25, 0.3) is 0 Å². The van der Waals surface area contributed by atoms with Crippen LogP contribution in [-0.4, -0.2) is 49.7 Å². The normalized spacial score (nSPS) is 32.1. The van der Waals surface area contributed by atoms with E-state index in [1.165, 1.54) is 45.6 Å². The van der Waals surface area contributed by atoms with E-state index in [1.807, 2.05) is 0 Å². The van der Waals surface area contributed by atoms with E-state index in [0.717, 1.165) is 37.9 Å². The van der Waals surface area contributed by atoms with Gasteiger partial charge in [0.1, 0.15) is 0 Å². The molecule has 1 heterocycles. The Balaban J connectivity index is 1.56. The number of nitrogens with one attached hydrogen (secondary N) is 1. The van der Waals surface area contributed by atoms with E-state index < -0.39 is 0 Å². The second kappa shape index (κ2) is 7.31. The maximum absolute atomic E-state index is 12.0. The first-order chi connectivity index (χ1) is 10.7. The number of carbonyl (C=O) groups is 1. The monoisotopic (exact) mass is 308 g/mol. The summed E-state index contributed by atoms with van der Waals surface area (Å²) in [5.41, 5.74) is 0. The minimum absolute atomic E-state index is 0.0274. The summed E-state index contributed by atoms with van der Waals surface area (Å²) in [5.74, 6) is 1.72. The number of likely N-dealkylation sites (tertiary alicyclic amines) is 1. The number of ether oxygens (including phenoxy) is 1. The first-order valence-corrected chi connectivity index (χ1v) is 9.22. The number of carbonyl (C=O) groups excluding carboxylic acids is 1. The van der Waals surface area contributed by atoms with Crippen LogP contribution in [0.2, 0.25) is 0 Å². The van der Waals surface area contributed by atoms with Gasteiger partial charge >= 0.3 is 5.97 Å². The first kappa shape index (κ1) is 16.3. The van der Waals surface area contributed by atoms with Crippen LogP contribution >= 0.6 is 0 Å². The summed E-state index contributed by atoms with van der Waals surface area (Å²) in [6, 6.07) is 1.06. The van der Waals surface area contributed by atoms with E-state index in [0.29, 0.717) is 12.1 Å². The Hall–Kier alpha value is -0.610. The Morgan fingerprint density at radius 1 is 1.23 bits per heavy atom. The van der Waals surface area contributed by atoms with Crippen molar-refractivity contribution in [1.82, 2.24) is 10.2 Å². The van der Waals surface area contributed by atoms with Crippen molar-refractivity contribution in [3.05, 3.63) is 0 Å². The minimum atomic E-state index is -0.0274. The van der Waals surface area contributed by atoms with Crippen molar-refractivity contribution in [2.75, 3.05) is 26.7 Å². The highest BCUT2D eigenvalue weighted by Crippen LogP contribution is 2.36. The molecule has 0 aromatic rings. The molecule has 4 heteroatoms. The lowest BCUT2D eigenvalue weighted by atomic mass is 9.92. The molecule has 3 rings (SSSR count). The van der Waals surface area contributed by atoms with E-state index >= 15 is 0 Å². The van der Waals surface area contributed by atoms with Gasteiger partial charge in [-0.1, -0.05) is 12.8 Å². The van der Waals surface area contributed by atoms with Gasteiger partial charge in [0.15, 0.2) is 0 Å². The summed E-state index contributed by atoms with van der Waals surface area (Å²) in [6.07, 6.45) is 9.21. The van der Waals surface area contributed by atoms with Gasteiger partial charge in [-0.2, -0.15) is 0 Å². The number of piperidine rings is 1. The smallest absolute Gasteiger partial charge is 0.310 e. The van der Waals surface area contributed by atoms with E-state index in [4.69, 9.17) is 4.74 Å². The molecule has 3 fully saturated rings. The molecular weight excluding hydrogens is 276 g/mol. The molecule has 1 aliphatic heterocycles. The van der Waals surface area contributed by atoms with E-state index in [1.54, 1.807) is 0 Å². The van der Waals surface area contributed by atoms with Gasteiger partial charge in [0.2, 0.25) is 0 Å². The SMILES string of the molecule is COC(=O)C1CC(NCC2CCCC2)CN(C(C)C2CC2)C1. The highest BCUT2D eigenvalue weighted by molar-refractivity contribution is 5.72. The second-order valence-electron chi connectivity index (χ2n) is 7.74. The molecule has 0 radical (unpaired) electrons. The molecule has 1 saturated heterocycles. The summed E-state index contributed by atoms with van der Waals surface area (Å²) in [7, 11) is 1.52. The number of nitrogens with zero attached hydrogens (tertiary/aromatic N) is 1. The molecule has 3 atom stereocenters. The number of hydrogen-bond donors (Lipinski definition) is 1. The molecule has 2 aliphatic carbocycles. The van der Waals surface area contributed by atoms with Crippen LogP contribution in [-0.2, 0) is 9.53 Å². The molecular formula is C18H32N2O2. The zero-order valence-corrected chi connectivity index (χ0v) is 14.2. The molecule has 0 amide bonds. The van der Waals surface area contributed by atoms with Gasteiger partial charge in [-0.3, -0.25) is 9.69 Å². The average molecular weight is 308 g/mol. The largest absolute Gasteiger partial charge is 0.469 e. The van der Waals surface area contributed by atoms with Crippen molar-refractivity contribution in [3.8, 4) is 0 Å². The fourth-order valence-corrected chi connectivity index (χ4v) is 4.38. The van der Waals surface area contributed by atoms with Crippen LogP contribution in [0.15, 0.2) is 0 Å². The molecule has 22 heavy (non-hydrogen) atoms.